The van der Waals surface area contributed by atoms with Crippen LogP contribution in [-0.2, 0) is 11.0 Å². The van der Waals surface area contributed by atoms with Crippen molar-refractivity contribution in [1.82, 2.24) is 20.0 Å². The minimum atomic E-state index is -0.502. The van der Waals surface area contributed by atoms with Gasteiger partial charge >= 0.3 is 0 Å². The first-order valence-electron chi connectivity index (χ1n) is 8.93. The van der Waals surface area contributed by atoms with Crippen molar-refractivity contribution in [3.63, 3.8) is 0 Å². The van der Waals surface area contributed by atoms with Gasteiger partial charge in [0.25, 0.3) is 11.6 Å². The molecule has 0 atom stereocenters. The van der Waals surface area contributed by atoms with Gasteiger partial charge in [-0.25, -0.2) is 4.68 Å². The Kier molecular flexibility index (Phi) is 4.49. The highest BCUT2D eigenvalue weighted by molar-refractivity contribution is 6.11. The third-order valence-electron chi connectivity index (χ3n) is 4.33. The lowest BCUT2D eigenvalue weighted by Gasteiger charge is -2.22. The molecular formula is C19H24N6O3. The Morgan fingerprint density at radius 3 is 2.43 bits per heavy atom. The Hall–Kier alpha value is -3.23. The SMILES string of the molecule is CC(C)(C)c1cc(NC(=O)c2n[nH]c3ccc([N+](=O)[O-])cc23)n(C(C)(C)C)n1. The molecule has 0 fully saturated rings. The fourth-order valence-electron chi connectivity index (χ4n) is 2.81. The van der Waals surface area contributed by atoms with Crippen LogP contribution in [0.5, 0.6) is 0 Å². The maximum absolute atomic E-state index is 12.9. The molecule has 0 spiro atoms. The number of aromatic amines is 1. The standard InChI is InChI=1S/C19H24N6O3/c1-18(2,3)14-10-15(24(23-14)19(4,5)6)20-17(26)16-12-9-11(25(27)28)7-8-13(12)21-22-16/h7-10H,1-6H3,(H,20,26)(H,21,22). The first-order chi connectivity index (χ1) is 12.9. The number of carbonyl (C=O) groups excluding carboxylic acids is 1. The normalized spacial score (nSPS) is 12.4. The third kappa shape index (κ3) is 3.60. The number of anilines is 1. The minimum Gasteiger partial charge on any atom is -0.305 e. The summed E-state index contributed by atoms with van der Waals surface area (Å²) >= 11 is 0. The molecule has 3 rings (SSSR count). The third-order valence-corrected chi connectivity index (χ3v) is 4.33. The second-order valence-corrected chi connectivity index (χ2v) is 8.76. The van der Waals surface area contributed by atoms with E-state index >= 15 is 0 Å². The number of carbonyl (C=O) groups is 1. The predicted octanol–water partition coefficient (Wildman–Crippen LogP) is 3.97. The number of amides is 1. The number of nitro groups is 1. The number of H-pyrrole nitrogens is 1. The van der Waals surface area contributed by atoms with E-state index in [0.29, 0.717) is 16.7 Å². The van der Waals surface area contributed by atoms with Gasteiger partial charge in [-0.1, -0.05) is 20.8 Å². The van der Waals surface area contributed by atoms with Gasteiger partial charge in [0.2, 0.25) is 0 Å². The molecule has 0 aliphatic rings. The van der Waals surface area contributed by atoms with Crippen LogP contribution in [0, 0.1) is 10.1 Å². The van der Waals surface area contributed by atoms with E-state index in [4.69, 9.17) is 0 Å². The van der Waals surface area contributed by atoms with Crippen molar-refractivity contribution in [3.05, 3.63) is 45.8 Å². The van der Waals surface area contributed by atoms with Crippen LogP contribution >= 0.6 is 0 Å². The van der Waals surface area contributed by atoms with Gasteiger partial charge in [0.1, 0.15) is 5.82 Å². The fourth-order valence-corrected chi connectivity index (χ4v) is 2.81. The van der Waals surface area contributed by atoms with E-state index in [1.165, 1.54) is 18.2 Å². The van der Waals surface area contributed by atoms with Crippen LogP contribution < -0.4 is 5.32 Å². The zero-order chi connectivity index (χ0) is 20.9. The summed E-state index contributed by atoms with van der Waals surface area (Å²) in [7, 11) is 0. The van der Waals surface area contributed by atoms with Gasteiger partial charge in [-0.3, -0.25) is 20.0 Å². The topological polar surface area (TPSA) is 119 Å². The van der Waals surface area contributed by atoms with Gasteiger partial charge in [-0.15, -0.1) is 0 Å². The number of rotatable bonds is 3. The molecule has 148 valence electrons. The minimum absolute atomic E-state index is 0.0951. The smallest absolute Gasteiger partial charge is 0.277 e. The molecule has 0 saturated carbocycles. The van der Waals surface area contributed by atoms with Gasteiger partial charge in [0.15, 0.2) is 5.69 Å². The predicted molar refractivity (Wildman–Crippen MR) is 107 cm³/mol. The molecule has 0 bridgehead atoms. The van der Waals surface area contributed by atoms with Gasteiger partial charge in [0.05, 0.1) is 21.7 Å². The van der Waals surface area contributed by atoms with Gasteiger partial charge in [-0.2, -0.15) is 10.2 Å². The van der Waals surface area contributed by atoms with Crippen LogP contribution in [0.2, 0.25) is 0 Å². The van der Waals surface area contributed by atoms with E-state index < -0.39 is 10.8 Å². The van der Waals surface area contributed by atoms with Crippen LogP contribution in [0.3, 0.4) is 0 Å². The quantitative estimate of drug-likeness (QED) is 0.523. The molecule has 2 aromatic heterocycles. The highest BCUT2D eigenvalue weighted by Gasteiger charge is 2.27. The lowest BCUT2D eigenvalue weighted by molar-refractivity contribution is -0.384. The van der Waals surface area contributed by atoms with Gasteiger partial charge in [-0.05, 0) is 26.8 Å². The van der Waals surface area contributed by atoms with E-state index in [1.54, 1.807) is 4.68 Å². The summed E-state index contributed by atoms with van der Waals surface area (Å²) in [5.74, 6) is 0.0848. The summed E-state index contributed by atoms with van der Waals surface area (Å²) in [6, 6.07) is 6.09. The van der Waals surface area contributed by atoms with Gasteiger partial charge < -0.3 is 5.32 Å². The van der Waals surface area contributed by atoms with Crippen LogP contribution in [0.15, 0.2) is 24.3 Å². The number of hydrogen-bond donors (Lipinski definition) is 2. The van der Waals surface area contributed by atoms with Crippen molar-refractivity contribution in [2.24, 2.45) is 0 Å². The summed E-state index contributed by atoms with van der Waals surface area (Å²) in [6.45, 7) is 12.1. The molecule has 3 aromatic rings. The number of aromatic nitrogens is 4. The number of nitro benzene ring substituents is 1. The lowest BCUT2D eigenvalue weighted by atomic mass is 9.92. The number of benzene rings is 1. The molecule has 28 heavy (non-hydrogen) atoms. The van der Waals surface area contributed by atoms with Gasteiger partial charge in [0, 0.05) is 29.0 Å². The molecule has 0 aliphatic carbocycles. The molecule has 0 unspecified atom stereocenters. The summed E-state index contributed by atoms with van der Waals surface area (Å²) < 4.78 is 1.77. The number of hydrogen-bond acceptors (Lipinski definition) is 5. The number of fused-ring (bicyclic) bond motifs is 1. The number of nitrogens with one attached hydrogen (secondary N) is 2. The van der Waals surface area contributed by atoms with E-state index in [9.17, 15) is 14.9 Å². The lowest BCUT2D eigenvalue weighted by Crippen LogP contribution is -2.27. The Balaban J connectivity index is 2.02. The average Bonchev–Trinajstić information content (AvgIpc) is 3.17. The Morgan fingerprint density at radius 1 is 1.18 bits per heavy atom. The van der Waals surface area contributed by atoms with E-state index in [-0.39, 0.29) is 22.3 Å². The van der Waals surface area contributed by atoms with Crippen LogP contribution in [0.4, 0.5) is 11.5 Å². The molecule has 1 amide bonds. The van der Waals surface area contributed by atoms with Crippen LogP contribution in [0.25, 0.3) is 10.9 Å². The largest absolute Gasteiger partial charge is 0.305 e. The Bertz CT molecular complexity index is 1070. The number of non-ortho nitro benzene ring substituents is 1. The maximum Gasteiger partial charge on any atom is 0.277 e. The summed E-state index contributed by atoms with van der Waals surface area (Å²) in [4.78, 5) is 23.5. The van der Waals surface area contributed by atoms with Crippen molar-refractivity contribution >= 4 is 28.3 Å². The average molecular weight is 384 g/mol. The number of nitrogens with zero attached hydrogens (tertiary/aromatic N) is 4. The first kappa shape index (κ1) is 19.5. The van der Waals surface area contributed by atoms with Crippen molar-refractivity contribution in [3.8, 4) is 0 Å². The molecular weight excluding hydrogens is 360 g/mol. The molecule has 1 aromatic carbocycles. The summed E-state index contributed by atoms with van der Waals surface area (Å²) in [5.41, 5.74) is 0.861. The molecule has 9 nitrogen and oxygen atoms in total. The highest BCUT2D eigenvalue weighted by atomic mass is 16.6. The zero-order valence-corrected chi connectivity index (χ0v) is 16.8. The molecule has 0 radical (unpaired) electrons. The fraction of sp³-hybridized carbons (Fsp3) is 0.421. The molecule has 9 heteroatoms. The molecule has 0 saturated heterocycles. The maximum atomic E-state index is 12.9. The monoisotopic (exact) mass is 384 g/mol. The second-order valence-electron chi connectivity index (χ2n) is 8.76. The van der Waals surface area contributed by atoms with Crippen molar-refractivity contribution in [2.45, 2.75) is 52.5 Å². The highest BCUT2D eigenvalue weighted by Crippen LogP contribution is 2.29. The molecule has 2 heterocycles. The van der Waals surface area contributed by atoms with Crippen molar-refractivity contribution in [2.75, 3.05) is 5.32 Å². The zero-order valence-electron chi connectivity index (χ0n) is 16.8. The van der Waals surface area contributed by atoms with E-state index in [2.05, 4.69) is 20.6 Å². The summed E-state index contributed by atoms with van der Waals surface area (Å²) in [5, 5.41) is 25.8. The van der Waals surface area contributed by atoms with E-state index in [0.717, 1.165) is 5.69 Å². The Morgan fingerprint density at radius 2 is 1.86 bits per heavy atom. The first-order valence-corrected chi connectivity index (χ1v) is 8.93. The van der Waals surface area contributed by atoms with Crippen LogP contribution in [0.1, 0.15) is 57.7 Å². The van der Waals surface area contributed by atoms with Crippen molar-refractivity contribution < 1.29 is 9.72 Å². The van der Waals surface area contributed by atoms with Crippen LogP contribution in [-0.4, -0.2) is 30.8 Å². The summed E-state index contributed by atoms with van der Waals surface area (Å²) in [6.07, 6.45) is 0. The molecule has 0 aliphatic heterocycles. The van der Waals surface area contributed by atoms with E-state index in [1.807, 2.05) is 47.6 Å². The Labute approximate surface area is 162 Å². The van der Waals surface area contributed by atoms with Crippen molar-refractivity contribution in [1.29, 1.82) is 0 Å². The second kappa shape index (κ2) is 6.43. The molecule has 2 N–H and O–H groups in total.